The largest absolute Gasteiger partial charge is 0.434 e. The van der Waals surface area contributed by atoms with Crippen molar-refractivity contribution in [1.82, 2.24) is 9.78 Å². The smallest absolute Gasteiger partial charge is 0.387 e. The predicted molar refractivity (Wildman–Crippen MR) is 68.3 cm³/mol. The van der Waals surface area contributed by atoms with Gasteiger partial charge in [-0.25, -0.2) is 4.68 Å². The maximum atomic E-state index is 12.4. The number of hydrogen-bond donors (Lipinski definition) is 1. The van der Waals surface area contributed by atoms with Crippen molar-refractivity contribution in [2.75, 3.05) is 5.73 Å². The van der Waals surface area contributed by atoms with Crippen molar-refractivity contribution in [1.29, 1.82) is 0 Å². The van der Waals surface area contributed by atoms with Crippen molar-refractivity contribution in [2.45, 2.75) is 26.5 Å². The molecule has 0 fully saturated rings. The topological polar surface area (TPSA) is 53.1 Å². The van der Waals surface area contributed by atoms with Gasteiger partial charge in [0.25, 0.3) is 0 Å². The van der Waals surface area contributed by atoms with E-state index in [2.05, 4.69) is 9.84 Å². The van der Waals surface area contributed by atoms with E-state index in [-0.39, 0.29) is 11.8 Å². The molecule has 0 radical (unpaired) electrons. The molecule has 0 saturated heterocycles. The number of ether oxygens (including phenoxy) is 1. The average molecular weight is 267 g/mol. The number of nitrogens with zero attached hydrogens (tertiary/aromatic N) is 2. The van der Waals surface area contributed by atoms with Gasteiger partial charge in [-0.2, -0.15) is 13.9 Å². The van der Waals surface area contributed by atoms with Gasteiger partial charge >= 0.3 is 6.61 Å². The minimum atomic E-state index is -2.86. The van der Waals surface area contributed by atoms with E-state index >= 15 is 0 Å². The van der Waals surface area contributed by atoms with Gasteiger partial charge in [-0.15, -0.1) is 0 Å². The van der Waals surface area contributed by atoms with E-state index in [4.69, 9.17) is 5.73 Å². The van der Waals surface area contributed by atoms with Crippen molar-refractivity contribution in [2.24, 2.45) is 0 Å². The highest BCUT2D eigenvalue weighted by molar-refractivity contribution is 5.42. The van der Waals surface area contributed by atoms with E-state index in [0.29, 0.717) is 11.4 Å². The molecule has 2 N–H and O–H groups in total. The van der Waals surface area contributed by atoms with Gasteiger partial charge in [-0.1, -0.05) is 18.2 Å². The SMILES string of the molecule is Cc1cnn(C(C)c2ccccc2OC(F)F)c1N. The van der Waals surface area contributed by atoms with Crippen LogP contribution >= 0.6 is 0 Å². The van der Waals surface area contributed by atoms with E-state index < -0.39 is 6.61 Å². The second-order valence-corrected chi connectivity index (χ2v) is 4.25. The fourth-order valence-corrected chi connectivity index (χ4v) is 1.93. The molecule has 1 heterocycles. The van der Waals surface area contributed by atoms with Crippen LogP contribution in [0.1, 0.15) is 24.1 Å². The molecule has 6 heteroatoms. The summed E-state index contributed by atoms with van der Waals surface area (Å²) in [5.41, 5.74) is 7.36. The van der Waals surface area contributed by atoms with Crippen LogP contribution in [0.5, 0.6) is 5.75 Å². The number of nitrogens with two attached hydrogens (primary N) is 1. The molecule has 2 aromatic rings. The maximum absolute atomic E-state index is 12.4. The van der Waals surface area contributed by atoms with E-state index in [1.807, 2.05) is 13.8 Å². The first-order valence-electron chi connectivity index (χ1n) is 5.84. The summed E-state index contributed by atoms with van der Waals surface area (Å²) in [5.74, 6) is 0.650. The van der Waals surface area contributed by atoms with Gasteiger partial charge < -0.3 is 10.5 Å². The first-order valence-corrected chi connectivity index (χ1v) is 5.84. The van der Waals surface area contributed by atoms with Crippen LogP contribution < -0.4 is 10.5 Å². The quantitative estimate of drug-likeness (QED) is 0.926. The van der Waals surface area contributed by atoms with Crippen LogP contribution in [-0.2, 0) is 0 Å². The zero-order valence-corrected chi connectivity index (χ0v) is 10.7. The first kappa shape index (κ1) is 13.3. The third-order valence-corrected chi connectivity index (χ3v) is 2.98. The summed E-state index contributed by atoms with van der Waals surface area (Å²) in [6.07, 6.45) is 1.64. The summed E-state index contributed by atoms with van der Waals surface area (Å²) >= 11 is 0. The molecule has 0 aliphatic rings. The molecule has 0 bridgehead atoms. The Bertz CT molecular complexity index is 569. The van der Waals surface area contributed by atoms with E-state index in [9.17, 15) is 8.78 Å². The highest BCUT2D eigenvalue weighted by Crippen LogP contribution is 2.30. The Labute approximate surface area is 109 Å². The van der Waals surface area contributed by atoms with Crippen LogP contribution in [0.2, 0.25) is 0 Å². The number of aryl methyl sites for hydroxylation is 1. The molecule has 0 saturated carbocycles. The van der Waals surface area contributed by atoms with E-state index in [1.165, 1.54) is 6.07 Å². The second kappa shape index (κ2) is 5.26. The van der Waals surface area contributed by atoms with Gasteiger partial charge in [0.15, 0.2) is 0 Å². The highest BCUT2D eigenvalue weighted by Gasteiger charge is 2.18. The number of rotatable bonds is 4. The van der Waals surface area contributed by atoms with Crippen LogP contribution in [0.15, 0.2) is 30.5 Å². The molecule has 2 rings (SSSR count). The summed E-state index contributed by atoms with van der Waals surface area (Å²) in [6.45, 7) is 0.814. The number of nitrogen functional groups attached to an aromatic ring is 1. The number of para-hydroxylation sites is 1. The molecule has 19 heavy (non-hydrogen) atoms. The Kier molecular flexibility index (Phi) is 3.69. The summed E-state index contributed by atoms with van der Waals surface area (Å²) in [6, 6.07) is 6.34. The Morgan fingerprint density at radius 1 is 1.32 bits per heavy atom. The normalized spacial score (nSPS) is 12.7. The van der Waals surface area contributed by atoms with Crippen LogP contribution in [0.25, 0.3) is 0 Å². The lowest BCUT2D eigenvalue weighted by molar-refractivity contribution is -0.0506. The molecule has 0 spiro atoms. The molecule has 1 aromatic carbocycles. The molecular formula is C13H15F2N3O. The molecule has 4 nitrogen and oxygen atoms in total. The van der Waals surface area contributed by atoms with Gasteiger partial charge in [-0.05, 0) is 19.9 Å². The monoisotopic (exact) mass is 267 g/mol. The molecule has 1 aromatic heterocycles. The lowest BCUT2D eigenvalue weighted by Gasteiger charge is -2.18. The van der Waals surface area contributed by atoms with Gasteiger partial charge in [-0.3, -0.25) is 0 Å². The molecule has 0 aliphatic carbocycles. The zero-order chi connectivity index (χ0) is 14.0. The lowest BCUT2D eigenvalue weighted by Crippen LogP contribution is -2.14. The minimum Gasteiger partial charge on any atom is -0.434 e. The summed E-state index contributed by atoms with van der Waals surface area (Å²) in [5, 5.41) is 4.16. The van der Waals surface area contributed by atoms with Crippen LogP contribution in [-0.4, -0.2) is 16.4 Å². The molecular weight excluding hydrogens is 252 g/mol. The van der Waals surface area contributed by atoms with Crippen molar-refractivity contribution in [3.63, 3.8) is 0 Å². The number of halogens is 2. The predicted octanol–water partition coefficient (Wildman–Crippen LogP) is 2.98. The van der Waals surface area contributed by atoms with Crippen molar-refractivity contribution in [3.05, 3.63) is 41.6 Å². The number of alkyl halides is 2. The highest BCUT2D eigenvalue weighted by atomic mass is 19.3. The second-order valence-electron chi connectivity index (χ2n) is 4.25. The maximum Gasteiger partial charge on any atom is 0.387 e. The lowest BCUT2D eigenvalue weighted by atomic mass is 10.1. The zero-order valence-electron chi connectivity index (χ0n) is 10.7. The molecule has 102 valence electrons. The third-order valence-electron chi connectivity index (χ3n) is 2.98. The summed E-state index contributed by atoms with van der Waals surface area (Å²) in [4.78, 5) is 0. The number of aromatic nitrogens is 2. The van der Waals surface area contributed by atoms with E-state index in [0.717, 1.165) is 5.56 Å². The van der Waals surface area contributed by atoms with Gasteiger partial charge in [0.05, 0.1) is 12.2 Å². The third kappa shape index (κ3) is 2.67. The Hall–Kier alpha value is -2.11. The average Bonchev–Trinajstić information content (AvgIpc) is 2.69. The van der Waals surface area contributed by atoms with Crippen molar-refractivity contribution >= 4 is 5.82 Å². The Morgan fingerprint density at radius 3 is 2.58 bits per heavy atom. The summed E-state index contributed by atoms with van der Waals surface area (Å²) in [7, 11) is 0. The Morgan fingerprint density at radius 2 is 2.00 bits per heavy atom. The summed E-state index contributed by atoms with van der Waals surface area (Å²) < 4.78 is 30.9. The first-order chi connectivity index (χ1) is 9.00. The minimum absolute atomic E-state index is 0.137. The molecule has 1 unspecified atom stereocenters. The Balaban J connectivity index is 2.38. The van der Waals surface area contributed by atoms with Crippen LogP contribution in [0.4, 0.5) is 14.6 Å². The van der Waals surface area contributed by atoms with Crippen molar-refractivity contribution in [3.8, 4) is 5.75 Å². The van der Waals surface area contributed by atoms with Crippen LogP contribution in [0.3, 0.4) is 0 Å². The number of hydrogen-bond acceptors (Lipinski definition) is 3. The van der Waals surface area contributed by atoms with Crippen molar-refractivity contribution < 1.29 is 13.5 Å². The van der Waals surface area contributed by atoms with Gasteiger partial charge in [0.2, 0.25) is 0 Å². The standard InChI is InChI=1S/C13H15F2N3O/c1-8-7-17-18(12(8)16)9(2)10-5-3-4-6-11(10)19-13(14)15/h3-7,9,13H,16H2,1-2H3. The molecule has 0 aliphatic heterocycles. The fourth-order valence-electron chi connectivity index (χ4n) is 1.93. The molecule has 0 amide bonds. The fraction of sp³-hybridized carbons (Fsp3) is 0.308. The van der Waals surface area contributed by atoms with Gasteiger partial charge in [0, 0.05) is 11.1 Å². The van der Waals surface area contributed by atoms with E-state index in [1.54, 1.807) is 29.1 Å². The van der Waals surface area contributed by atoms with Crippen LogP contribution in [0, 0.1) is 6.92 Å². The number of anilines is 1. The number of benzene rings is 1. The molecule has 1 atom stereocenters. The van der Waals surface area contributed by atoms with Gasteiger partial charge in [0.1, 0.15) is 11.6 Å².